The van der Waals surface area contributed by atoms with Crippen molar-refractivity contribution in [2.75, 3.05) is 44.7 Å². The van der Waals surface area contributed by atoms with Crippen LogP contribution in [-0.4, -0.2) is 66.1 Å². The summed E-state index contributed by atoms with van der Waals surface area (Å²) >= 11 is 1.43. The summed E-state index contributed by atoms with van der Waals surface area (Å²) in [6.07, 6.45) is 0.910. The van der Waals surface area contributed by atoms with Gasteiger partial charge in [-0.25, -0.2) is 4.98 Å². The van der Waals surface area contributed by atoms with Crippen molar-refractivity contribution in [3.63, 3.8) is 0 Å². The number of primary amides is 1. The zero-order chi connectivity index (χ0) is 14.5. The lowest BCUT2D eigenvalue weighted by atomic mass is 10.2. The minimum absolute atomic E-state index is 0.0575. The van der Waals surface area contributed by atoms with Crippen LogP contribution in [0.5, 0.6) is 0 Å². The average Bonchev–Trinajstić information content (AvgIpc) is 2.86. The van der Waals surface area contributed by atoms with Crippen LogP contribution >= 0.6 is 11.5 Å². The van der Waals surface area contributed by atoms with Gasteiger partial charge in [0, 0.05) is 37.6 Å². The SMILES string of the molecule is CCc1nsc(N2CCOC(CN(C)CC(N)=O)C2)n1. The number of rotatable bonds is 6. The molecule has 0 saturated carbocycles. The Morgan fingerprint density at radius 3 is 3.10 bits per heavy atom. The first-order valence-corrected chi connectivity index (χ1v) is 7.51. The number of anilines is 1. The number of nitrogens with two attached hydrogens (primary N) is 1. The van der Waals surface area contributed by atoms with Gasteiger partial charge in [0.25, 0.3) is 0 Å². The largest absolute Gasteiger partial charge is 0.373 e. The second-order valence-electron chi connectivity index (χ2n) is 4.95. The van der Waals surface area contributed by atoms with Crippen LogP contribution in [0.15, 0.2) is 0 Å². The van der Waals surface area contributed by atoms with Crippen LogP contribution in [-0.2, 0) is 16.0 Å². The molecule has 8 heteroatoms. The highest BCUT2D eigenvalue weighted by atomic mass is 32.1. The van der Waals surface area contributed by atoms with Gasteiger partial charge in [-0.2, -0.15) is 4.37 Å². The number of carbonyl (C=O) groups excluding carboxylic acids is 1. The summed E-state index contributed by atoms with van der Waals surface area (Å²) in [6, 6.07) is 0. The third kappa shape index (κ3) is 4.12. The molecular weight excluding hydrogens is 278 g/mol. The number of aryl methyl sites for hydroxylation is 1. The number of morpholine rings is 1. The summed E-state index contributed by atoms with van der Waals surface area (Å²) in [6.45, 7) is 5.23. The van der Waals surface area contributed by atoms with Crippen molar-refractivity contribution in [2.24, 2.45) is 5.73 Å². The molecule has 0 aromatic carbocycles. The Morgan fingerprint density at radius 1 is 1.65 bits per heavy atom. The number of nitrogens with zero attached hydrogens (tertiary/aromatic N) is 4. The van der Waals surface area contributed by atoms with Gasteiger partial charge in [0.15, 0.2) is 0 Å². The van der Waals surface area contributed by atoms with Crippen LogP contribution in [0.25, 0.3) is 0 Å². The first-order chi connectivity index (χ1) is 9.58. The fourth-order valence-corrected chi connectivity index (χ4v) is 2.98. The van der Waals surface area contributed by atoms with Crippen molar-refractivity contribution in [1.82, 2.24) is 14.3 Å². The number of amides is 1. The van der Waals surface area contributed by atoms with E-state index in [1.54, 1.807) is 0 Å². The van der Waals surface area contributed by atoms with Crippen LogP contribution in [0, 0.1) is 0 Å². The van der Waals surface area contributed by atoms with E-state index in [1.165, 1.54) is 11.5 Å². The van der Waals surface area contributed by atoms with Gasteiger partial charge in [-0.1, -0.05) is 6.92 Å². The van der Waals surface area contributed by atoms with Gasteiger partial charge in [-0.15, -0.1) is 0 Å². The van der Waals surface area contributed by atoms with Crippen LogP contribution in [0.3, 0.4) is 0 Å². The molecule has 7 nitrogen and oxygen atoms in total. The van der Waals surface area contributed by atoms with E-state index >= 15 is 0 Å². The van der Waals surface area contributed by atoms with Gasteiger partial charge in [0.05, 0.1) is 19.3 Å². The van der Waals surface area contributed by atoms with E-state index in [1.807, 2.05) is 18.9 Å². The molecule has 1 atom stereocenters. The standard InChI is InChI=1S/C12H21N5O2S/c1-3-11-14-12(20-15-11)17-4-5-19-9(7-17)6-16(2)8-10(13)18/h9H,3-8H2,1-2H3,(H2,13,18). The maximum absolute atomic E-state index is 10.9. The Kier molecular flexibility index (Phi) is 5.27. The molecule has 1 aromatic rings. The molecule has 2 rings (SSSR count). The molecule has 2 heterocycles. The van der Waals surface area contributed by atoms with Crippen LogP contribution in [0.2, 0.25) is 0 Å². The summed E-state index contributed by atoms with van der Waals surface area (Å²) in [4.78, 5) is 19.5. The van der Waals surface area contributed by atoms with Crippen LogP contribution in [0.4, 0.5) is 5.13 Å². The fraction of sp³-hybridized carbons (Fsp3) is 0.750. The number of ether oxygens (including phenoxy) is 1. The van der Waals surface area contributed by atoms with Gasteiger partial charge >= 0.3 is 0 Å². The van der Waals surface area contributed by atoms with Crippen molar-refractivity contribution >= 4 is 22.6 Å². The number of aromatic nitrogens is 2. The third-order valence-electron chi connectivity index (χ3n) is 3.12. The van der Waals surface area contributed by atoms with E-state index < -0.39 is 0 Å². The highest BCUT2D eigenvalue weighted by Crippen LogP contribution is 2.20. The molecule has 0 spiro atoms. The van der Waals surface area contributed by atoms with E-state index in [2.05, 4.69) is 14.3 Å². The van der Waals surface area contributed by atoms with Gasteiger partial charge in [-0.05, 0) is 7.05 Å². The first-order valence-electron chi connectivity index (χ1n) is 6.74. The van der Waals surface area contributed by atoms with Crippen LogP contribution in [0.1, 0.15) is 12.7 Å². The normalized spacial score (nSPS) is 19.6. The van der Waals surface area contributed by atoms with Crippen LogP contribution < -0.4 is 10.6 Å². The van der Waals surface area contributed by atoms with Gasteiger partial charge in [-0.3, -0.25) is 9.69 Å². The molecule has 0 aliphatic carbocycles. The fourth-order valence-electron chi connectivity index (χ4n) is 2.20. The molecule has 0 radical (unpaired) electrons. The summed E-state index contributed by atoms with van der Waals surface area (Å²) in [5.74, 6) is 0.566. The predicted octanol–water partition coefficient (Wildman–Crippen LogP) is -0.277. The van der Waals surface area contributed by atoms with Gasteiger partial charge in [0.1, 0.15) is 5.82 Å². The van der Waals surface area contributed by atoms with Gasteiger partial charge in [0.2, 0.25) is 11.0 Å². The highest BCUT2D eigenvalue weighted by Gasteiger charge is 2.24. The minimum Gasteiger partial charge on any atom is -0.373 e. The zero-order valence-corrected chi connectivity index (χ0v) is 12.7. The molecule has 1 saturated heterocycles. The van der Waals surface area contributed by atoms with E-state index in [-0.39, 0.29) is 18.6 Å². The van der Waals surface area contributed by atoms with E-state index in [0.717, 1.165) is 30.5 Å². The van der Waals surface area contributed by atoms with Gasteiger partial charge < -0.3 is 15.4 Å². The van der Waals surface area contributed by atoms with Crippen molar-refractivity contribution in [2.45, 2.75) is 19.4 Å². The summed E-state index contributed by atoms with van der Waals surface area (Å²) in [5.41, 5.74) is 5.19. The quantitative estimate of drug-likeness (QED) is 0.778. The summed E-state index contributed by atoms with van der Waals surface area (Å²) in [7, 11) is 1.87. The average molecular weight is 299 g/mol. The molecule has 1 amide bonds. The van der Waals surface area contributed by atoms with Crippen molar-refractivity contribution in [3.8, 4) is 0 Å². The Balaban J connectivity index is 1.89. The Hall–Kier alpha value is -1.25. The smallest absolute Gasteiger partial charge is 0.231 e. The molecule has 1 unspecified atom stereocenters. The zero-order valence-electron chi connectivity index (χ0n) is 11.9. The summed E-state index contributed by atoms with van der Waals surface area (Å²) < 4.78 is 10.0. The highest BCUT2D eigenvalue weighted by molar-refractivity contribution is 7.09. The lowest BCUT2D eigenvalue weighted by Gasteiger charge is -2.34. The topological polar surface area (TPSA) is 84.6 Å². The molecule has 112 valence electrons. The van der Waals surface area contributed by atoms with Crippen molar-refractivity contribution in [1.29, 1.82) is 0 Å². The molecule has 1 aliphatic heterocycles. The third-order valence-corrected chi connectivity index (χ3v) is 3.94. The van der Waals surface area contributed by atoms with Crippen molar-refractivity contribution in [3.05, 3.63) is 5.82 Å². The van der Waals surface area contributed by atoms with E-state index in [4.69, 9.17) is 10.5 Å². The maximum atomic E-state index is 10.9. The minimum atomic E-state index is -0.322. The molecule has 1 aromatic heterocycles. The maximum Gasteiger partial charge on any atom is 0.231 e. The number of likely N-dealkylation sites (N-methyl/N-ethyl adjacent to an activating group) is 1. The molecule has 1 aliphatic rings. The second kappa shape index (κ2) is 6.96. The van der Waals surface area contributed by atoms with E-state index in [0.29, 0.717) is 13.2 Å². The van der Waals surface area contributed by atoms with E-state index in [9.17, 15) is 4.79 Å². The number of carbonyl (C=O) groups is 1. The molecular formula is C12H21N5O2S. The Morgan fingerprint density at radius 2 is 2.45 bits per heavy atom. The number of hydrogen-bond acceptors (Lipinski definition) is 7. The molecule has 0 bridgehead atoms. The predicted molar refractivity (Wildman–Crippen MR) is 77.9 cm³/mol. The van der Waals surface area contributed by atoms with Crippen molar-refractivity contribution < 1.29 is 9.53 Å². The second-order valence-corrected chi connectivity index (χ2v) is 5.68. The monoisotopic (exact) mass is 299 g/mol. The lowest BCUT2D eigenvalue weighted by molar-refractivity contribution is -0.119. The first kappa shape index (κ1) is 15.1. The lowest BCUT2D eigenvalue weighted by Crippen LogP contribution is -2.48. The molecule has 2 N–H and O–H groups in total. The molecule has 20 heavy (non-hydrogen) atoms. The molecule has 1 fully saturated rings. The number of hydrogen-bond donors (Lipinski definition) is 1. The Bertz CT molecular complexity index is 453. The Labute approximate surface area is 122 Å². The summed E-state index contributed by atoms with van der Waals surface area (Å²) in [5, 5.41) is 0.952.